The first-order valence-electron chi connectivity index (χ1n) is 7.70. The van der Waals surface area contributed by atoms with Crippen molar-refractivity contribution in [1.29, 1.82) is 0 Å². The van der Waals surface area contributed by atoms with Crippen LogP contribution in [0.4, 0.5) is 14.5 Å². The van der Waals surface area contributed by atoms with Gasteiger partial charge in [0.1, 0.15) is 17.1 Å². The monoisotopic (exact) mass is 401 g/mol. The molecule has 0 saturated carbocycles. The Balaban J connectivity index is 2.10. The molecule has 10 heteroatoms. The van der Waals surface area contributed by atoms with Crippen LogP contribution in [0, 0.1) is 20.8 Å². The van der Waals surface area contributed by atoms with Gasteiger partial charge >= 0.3 is 11.7 Å². The summed E-state index contributed by atoms with van der Waals surface area (Å²) in [6, 6.07) is 4.72. The predicted molar refractivity (Wildman–Crippen MR) is 91.5 cm³/mol. The minimum atomic E-state index is -4.90. The first-order chi connectivity index (χ1) is 12.6. The van der Waals surface area contributed by atoms with Crippen LogP contribution in [0.3, 0.4) is 0 Å². The van der Waals surface area contributed by atoms with E-state index in [1.54, 1.807) is 20.8 Å². The molecule has 0 aliphatic rings. The van der Waals surface area contributed by atoms with E-state index in [0.29, 0.717) is 17.1 Å². The molecule has 146 valence electrons. The van der Waals surface area contributed by atoms with Crippen molar-refractivity contribution < 1.29 is 35.9 Å². The number of alkyl halides is 2. The Kier molecular flexibility index (Phi) is 5.99. The molecule has 1 aromatic carbocycles. The maximum absolute atomic E-state index is 12.8. The van der Waals surface area contributed by atoms with Gasteiger partial charge in [0.15, 0.2) is 6.61 Å². The Bertz CT molecular complexity index is 981. The quantitative estimate of drug-likeness (QED) is 0.747. The van der Waals surface area contributed by atoms with Crippen molar-refractivity contribution in [3.05, 3.63) is 46.9 Å². The minimum Gasteiger partial charge on any atom is -0.465 e. The maximum atomic E-state index is 12.8. The summed E-state index contributed by atoms with van der Waals surface area (Å²) in [6.45, 7) is 4.17. The number of nitrogens with one attached hydrogen (secondary N) is 1. The Morgan fingerprint density at radius 3 is 2.33 bits per heavy atom. The molecule has 27 heavy (non-hydrogen) atoms. The number of furan rings is 1. The molecule has 0 saturated heterocycles. The third kappa shape index (κ3) is 4.33. The van der Waals surface area contributed by atoms with Crippen LogP contribution in [0.25, 0.3) is 0 Å². The number of esters is 1. The van der Waals surface area contributed by atoms with Gasteiger partial charge in [0.05, 0.1) is 10.6 Å². The standard InChI is InChI=1S/C17H17F2NO6S/c1-9-10(2)26-11(3)15(9)16(22)25-8-14(21)20-12-6-4-5-7-13(12)27(23,24)17(18)19/h4-7,17H,8H2,1-3H3,(H,20,21). The van der Waals surface area contributed by atoms with Crippen LogP contribution in [-0.4, -0.2) is 32.7 Å². The van der Waals surface area contributed by atoms with Crippen molar-refractivity contribution in [3.8, 4) is 0 Å². The predicted octanol–water partition coefficient (Wildman–Crippen LogP) is 3.00. The van der Waals surface area contributed by atoms with Crippen LogP contribution in [0.1, 0.15) is 27.4 Å². The molecule has 7 nitrogen and oxygen atoms in total. The summed E-state index contributed by atoms with van der Waals surface area (Å²) in [4.78, 5) is 23.4. The van der Waals surface area contributed by atoms with E-state index in [9.17, 15) is 26.8 Å². The molecule has 0 atom stereocenters. The van der Waals surface area contributed by atoms with Crippen molar-refractivity contribution in [2.75, 3.05) is 11.9 Å². The summed E-state index contributed by atoms with van der Waals surface area (Å²) in [5, 5.41) is 2.16. The summed E-state index contributed by atoms with van der Waals surface area (Å²) < 4.78 is 59.1. The zero-order valence-electron chi connectivity index (χ0n) is 14.7. The third-order valence-corrected chi connectivity index (χ3v) is 5.24. The van der Waals surface area contributed by atoms with Crippen LogP contribution in [0.15, 0.2) is 33.6 Å². The molecule has 2 aromatic rings. The van der Waals surface area contributed by atoms with E-state index in [1.807, 2.05) is 0 Å². The Morgan fingerprint density at radius 2 is 1.78 bits per heavy atom. The molecule has 0 fully saturated rings. The number of anilines is 1. The highest BCUT2D eigenvalue weighted by molar-refractivity contribution is 7.91. The van der Waals surface area contributed by atoms with E-state index in [0.717, 1.165) is 12.1 Å². The number of para-hydroxylation sites is 1. The van der Waals surface area contributed by atoms with Crippen molar-refractivity contribution in [1.82, 2.24) is 0 Å². The van der Waals surface area contributed by atoms with Gasteiger partial charge in [0, 0.05) is 5.56 Å². The molecule has 0 aliphatic heterocycles. The number of ether oxygens (including phenoxy) is 1. The number of halogens is 2. The molecule has 2 rings (SSSR count). The number of amides is 1. The van der Waals surface area contributed by atoms with E-state index < -0.39 is 39.0 Å². The number of hydrogen-bond donors (Lipinski definition) is 1. The fraction of sp³-hybridized carbons (Fsp3) is 0.294. The Hall–Kier alpha value is -2.75. The fourth-order valence-electron chi connectivity index (χ4n) is 2.40. The molecular formula is C17H17F2NO6S. The van der Waals surface area contributed by atoms with Gasteiger partial charge in [-0.15, -0.1) is 0 Å². The van der Waals surface area contributed by atoms with Crippen LogP contribution in [0.2, 0.25) is 0 Å². The molecule has 0 aliphatic carbocycles. The lowest BCUT2D eigenvalue weighted by molar-refractivity contribution is -0.119. The number of carbonyl (C=O) groups is 2. The van der Waals surface area contributed by atoms with Gasteiger partial charge in [-0.3, -0.25) is 4.79 Å². The van der Waals surface area contributed by atoms with E-state index in [4.69, 9.17) is 9.15 Å². The summed E-state index contributed by atoms with van der Waals surface area (Å²) in [5.74, 6) is -4.43. The average molecular weight is 401 g/mol. The summed E-state index contributed by atoms with van der Waals surface area (Å²) in [5.41, 5.74) is 0.442. The zero-order chi connectivity index (χ0) is 20.4. The van der Waals surface area contributed by atoms with Crippen molar-refractivity contribution in [3.63, 3.8) is 0 Å². The largest absolute Gasteiger partial charge is 0.465 e. The molecule has 0 unspecified atom stereocenters. The number of benzene rings is 1. The highest BCUT2D eigenvalue weighted by atomic mass is 32.2. The molecule has 0 spiro atoms. The van der Waals surface area contributed by atoms with Gasteiger partial charge < -0.3 is 14.5 Å². The lowest BCUT2D eigenvalue weighted by Crippen LogP contribution is -2.23. The molecule has 1 N–H and O–H groups in total. The molecule has 1 heterocycles. The lowest BCUT2D eigenvalue weighted by Gasteiger charge is -2.11. The minimum absolute atomic E-state index is 0.195. The van der Waals surface area contributed by atoms with E-state index in [-0.39, 0.29) is 11.3 Å². The second kappa shape index (κ2) is 7.87. The van der Waals surface area contributed by atoms with Crippen LogP contribution in [0.5, 0.6) is 0 Å². The SMILES string of the molecule is Cc1oc(C)c(C(=O)OCC(=O)Nc2ccccc2S(=O)(=O)C(F)F)c1C. The van der Waals surface area contributed by atoms with Gasteiger partial charge in [-0.1, -0.05) is 12.1 Å². The Labute approximate surface area is 154 Å². The van der Waals surface area contributed by atoms with Crippen LogP contribution in [-0.2, 0) is 19.4 Å². The second-order valence-corrected chi connectivity index (χ2v) is 7.53. The topological polar surface area (TPSA) is 103 Å². The lowest BCUT2D eigenvalue weighted by atomic mass is 10.1. The maximum Gasteiger partial charge on any atom is 0.342 e. The zero-order valence-corrected chi connectivity index (χ0v) is 15.5. The molecular weight excluding hydrogens is 384 g/mol. The van der Waals surface area contributed by atoms with Gasteiger partial charge in [0.2, 0.25) is 9.84 Å². The van der Waals surface area contributed by atoms with E-state index >= 15 is 0 Å². The van der Waals surface area contributed by atoms with Crippen molar-refractivity contribution in [2.45, 2.75) is 31.4 Å². The first kappa shape index (κ1) is 20.6. The summed E-state index contributed by atoms with van der Waals surface area (Å²) in [7, 11) is -4.90. The molecule has 0 bridgehead atoms. The number of sulfone groups is 1. The smallest absolute Gasteiger partial charge is 0.342 e. The fourth-order valence-corrected chi connectivity index (χ4v) is 3.28. The molecule has 1 amide bonds. The highest BCUT2D eigenvalue weighted by Gasteiger charge is 2.29. The van der Waals surface area contributed by atoms with Crippen LogP contribution < -0.4 is 5.32 Å². The van der Waals surface area contributed by atoms with Crippen LogP contribution >= 0.6 is 0 Å². The average Bonchev–Trinajstić information content (AvgIpc) is 2.85. The van der Waals surface area contributed by atoms with E-state index in [1.165, 1.54) is 12.1 Å². The summed E-state index contributed by atoms with van der Waals surface area (Å²) in [6.07, 6.45) is 0. The van der Waals surface area contributed by atoms with E-state index in [2.05, 4.69) is 5.32 Å². The number of carbonyl (C=O) groups excluding carboxylic acids is 2. The molecule has 0 radical (unpaired) electrons. The molecule has 1 aromatic heterocycles. The van der Waals surface area contributed by atoms with Gasteiger partial charge in [-0.05, 0) is 32.9 Å². The first-order valence-corrected chi connectivity index (χ1v) is 9.25. The van der Waals surface area contributed by atoms with Gasteiger partial charge in [0.25, 0.3) is 5.91 Å². The highest BCUT2D eigenvalue weighted by Crippen LogP contribution is 2.26. The number of aryl methyl sites for hydroxylation is 2. The van der Waals surface area contributed by atoms with Crippen molar-refractivity contribution in [2.24, 2.45) is 0 Å². The summed E-state index contributed by atoms with van der Waals surface area (Å²) >= 11 is 0. The normalized spacial score (nSPS) is 11.5. The second-order valence-electron chi connectivity index (χ2n) is 5.64. The van der Waals surface area contributed by atoms with Gasteiger partial charge in [-0.25, -0.2) is 13.2 Å². The Morgan fingerprint density at radius 1 is 1.15 bits per heavy atom. The van der Waals surface area contributed by atoms with Crippen molar-refractivity contribution >= 4 is 27.4 Å². The third-order valence-electron chi connectivity index (χ3n) is 3.80. The number of rotatable bonds is 6. The van der Waals surface area contributed by atoms with Gasteiger partial charge in [-0.2, -0.15) is 8.78 Å². The number of hydrogen-bond acceptors (Lipinski definition) is 6.